The summed E-state index contributed by atoms with van der Waals surface area (Å²) in [5.74, 6) is 5.71. The second kappa shape index (κ2) is 5.77. The zero-order chi connectivity index (χ0) is 14.8. The largest absolute Gasteiger partial charge is 0.271 e. The maximum atomic E-state index is 6.19. The number of nitrogens with one attached hydrogen (secondary N) is 1. The van der Waals surface area contributed by atoms with E-state index in [0.717, 1.165) is 27.9 Å². The van der Waals surface area contributed by atoms with Crippen molar-refractivity contribution in [2.24, 2.45) is 5.84 Å². The lowest BCUT2D eigenvalue weighted by molar-refractivity contribution is 0.620. The Morgan fingerprint density at radius 1 is 1.14 bits per heavy atom. The van der Waals surface area contributed by atoms with E-state index < -0.39 is 0 Å². The molecule has 0 radical (unpaired) electrons. The highest BCUT2D eigenvalue weighted by Crippen LogP contribution is 2.25. The molecule has 1 aromatic heterocycles. The Kier molecular flexibility index (Phi) is 3.84. The number of halogens is 1. The normalized spacial score (nSPS) is 12.5. The van der Waals surface area contributed by atoms with E-state index in [2.05, 4.69) is 15.4 Å². The number of fused-ring (bicyclic) bond motifs is 1. The third-order valence-corrected chi connectivity index (χ3v) is 3.87. The smallest absolute Gasteiger partial charge is 0.0897 e. The van der Waals surface area contributed by atoms with Crippen molar-refractivity contribution in [1.82, 2.24) is 15.4 Å². The summed E-state index contributed by atoms with van der Waals surface area (Å²) in [6.07, 6.45) is 1.74. The van der Waals surface area contributed by atoms with Gasteiger partial charge in [0.15, 0.2) is 0 Å². The Morgan fingerprint density at radius 3 is 2.62 bits per heavy atom. The Bertz CT molecular complexity index is 788. The molecule has 1 unspecified atom stereocenters. The van der Waals surface area contributed by atoms with Gasteiger partial charge in [0.2, 0.25) is 0 Å². The van der Waals surface area contributed by atoms with Gasteiger partial charge in [-0.05, 0) is 36.2 Å². The number of aryl methyl sites for hydroxylation is 1. The number of rotatable bonds is 3. The summed E-state index contributed by atoms with van der Waals surface area (Å²) >= 11 is 6.19. The van der Waals surface area contributed by atoms with E-state index in [1.807, 2.05) is 49.4 Å². The van der Waals surface area contributed by atoms with Gasteiger partial charge in [-0.15, -0.1) is 0 Å². The first-order valence-electron chi connectivity index (χ1n) is 6.63. The summed E-state index contributed by atoms with van der Waals surface area (Å²) in [4.78, 5) is 9.05. The molecular weight excluding hydrogens is 284 g/mol. The third-order valence-electron chi connectivity index (χ3n) is 3.46. The summed E-state index contributed by atoms with van der Waals surface area (Å²) in [7, 11) is 0. The van der Waals surface area contributed by atoms with Crippen molar-refractivity contribution in [2.45, 2.75) is 13.0 Å². The van der Waals surface area contributed by atoms with Gasteiger partial charge in [0.05, 0.1) is 29.0 Å². The van der Waals surface area contributed by atoms with Crippen LogP contribution in [0.3, 0.4) is 0 Å². The molecule has 0 fully saturated rings. The van der Waals surface area contributed by atoms with E-state index >= 15 is 0 Å². The molecule has 0 aliphatic heterocycles. The number of para-hydroxylation sites is 2. The molecule has 0 amide bonds. The molecule has 0 aliphatic rings. The first kappa shape index (κ1) is 13.9. The van der Waals surface area contributed by atoms with Gasteiger partial charge in [-0.2, -0.15) is 0 Å². The van der Waals surface area contributed by atoms with Gasteiger partial charge in [0.25, 0.3) is 0 Å². The number of hydrazine groups is 1. The second-order valence-corrected chi connectivity index (χ2v) is 5.30. The van der Waals surface area contributed by atoms with Crippen LogP contribution in [0.1, 0.15) is 22.9 Å². The molecule has 3 rings (SSSR count). The first-order chi connectivity index (χ1) is 10.2. The lowest BCUT2D eigenvalue weighted by atomic mass is 10.0. The van der Waals surface area contributed by atoms with Gasteiger partial charge >= 0.3 is 0 Å². The van der Waals surface area contributed by atoms with Crippen LogP contribution in [0.25, 0.3) is 11.0 Å². The highest BCUT2D eigenvalue weighted by molar-refractivity contribution is 6.31. The molecule has 21 heavy (non-hydrogen) atoms. The standard InChI is InChI=1S/C16H15ClN4/c1-10-6-7-11(8-12(10)17)16(21-18)15-9-19-13-4-2-3-5-14(13)20-15/h2-9,16,21H,18H2,1H3. The number of hydrogen-bond acceptors (Lipinski definition) is 4. The van der Waals surface area contributed by atoms with Gasteiger partial charge in [-0.3, -0.25) is 10.8 Å². The number of nitrogens with zero attached hydrogens (tertiary/aromatic N) is 2. The monoisotopic (exact) mass is 298 g/mol. The molecule has 0 saturated heterocycles. The van der Waals surface area contributed by atoms with Crippen LogP contribution in [0.5, 0.6) is 0 Å². The summed E-state index contributed by atoms with van der Waals surface area (Å²) in [6.45, 7) is 1.97. The molecule has 106 valence electrons. The van der Waals surface area contributed by atoms with E-state index in [1.54, 1.807) is 6.20 Å². The molecule has 1 heterocycles. The maximum Gasteiger partial charge on any atom is 0.0897 e. The number of aromatic nitrogens is 2. The fourth-order valence-corrected chi connectivity index (χ4v) is 2.44. The van der Waals surface area contributed by atoms with E-state index in [9.17, 15) is 0 Å². The van der Waals surface area contributed by atoms with Crippen LogP contribution in [0, 0.1) is 6.92 Å². The summed E-state index contributed by atoms with van der Waals surface area (Å²) in [5, 5.41) is 0.710. The van der Waals surface area contributed by atoms with Crippen molar-refractivity contribution in [2.75, 3.05) is 0 Å². The molecule has 0 spiro atoms. The summed E-state index contributed by atoms with van der Waals surface area (Å²) in [5.41, 5.74) is 7.23. The van der Waals surface area contributed by atoms with Crippen molar-refractivity contribution < 1.29 is 0 Å². The molecule has 4 nitrogen and oxygen atoms in total. The molecule has 5 heteroatoms. The molecule has 1 atom stereocenters. The minimum Gasteiger partial charge on any atom is -0.271 e. The van der Waals surface area contributed by atoms with Gasteiger partial charge in [0.1, 0.15) is 0 Å². The fraction of sp³-hybridized carbons (Fsp3) is 0.125. The fourth-order valence-electron chi connectivity index (χ4n) is 2.25. The third kappa shape index (κ3) is 2.74. The van der Waals surface area contributed by atoms with Crippen LogP contribution in [0.4, 0.5) is 0 Å². The van der Waals surface area contributed by atoms with Crippen LogP contribution >= 0.6 is 11.6 Å². The van der Waals surface area contributed by atoms with E-state index in [0.29, 0.717) is 5.02 Å². The van der Waals surface area contributed by atoms with Crippen LogP contribution in [-0.2, 0) is 0 Å². The molecule has 0 aliphatic carbocycles. The predicted molar refractivity (Wildman–Crippen MR) is 84.9 cm³/mol. The number of nitrogens with two attached hydrogens (primary N) is 1. The first-order valence-corrected chi connectivity index (χ1v) is 7.00. The minimum atomic E-state index is -0.250. The Labute approximate surface area is 128 Å². The lowest BCUT2D eigenvalue weighted by Crippen LogP contribution is -2.29. The Balaban J connectivity index is 2.06. The van der Waals surface area contributed by atoms with E-state index in [4.69, 9.17) is 17.4 Å². The molecule has 0 bridgehead atoms. The second-order valence-electron chi connectivity index (χ2n) is 4.89. The molecule has 0 saturated carbocycles. The summed E-state index contributed by atoms with van der Waals surface area (Å²) < 4.78 is 0. The SMILES string of the molecule is Cc1ccc(C(NN)c2cnc3ccccc3n2)cc1Cl. The van der Waals surface area contributed by atoms with Crippen molar-refractivity contribution in [3.05, 3.63) is 70.5 Å². The van der Waals surface area contributed by atoms with Crippen molar-refractivity contribution >= 4 is 22.6 Å². The van der Waals surface area contributed by atoms with Crippen LogP contribution in [0.15, 0.2) is 48.7 Å². The van der Waals surface area contributed by atoms with E-state index in [-0.39, 0.29) is 6.04 Å². The quantitative estimate of drug-likeness (QED) is 0.576. The number of benzene rings is 2. The predicted octanol–water partition coefficient (Wildman–Crippen LogP) is 3.14. The molecular formula is C16H15ClN4. The van der Waals surface area contributed by atoms with Gasteiger partial charge in [0, 0.05) is 5.02 Å². The maximum absolute atomic E-state index is 6.19. The zero-order valence-corrected chi connectivity index (χ0v) is 12.3. The van der Waals surface area contributed by atoms with Crippen LogP contribution < -0.4 is 11.3 Å². The Hall–Kier alpha value is -2.01. The van der Waals surface area contributed by atoms with Gasteiger partial charge in [-0.1, -0.05) is 35.9 Å². The molecule has 3 N–H and O–H groups in total. The number of hydrogen-bond donors (Lipinski definition) is 2. The van der Waals surface area contributed by atoms with Gasteiger partial charge in [-0.25, -0.2) is 10.4 Å². The summed E-state index contributed by atoms with van der Waals surface area (Å²) in [6, 6.07) is 13.3. The van der Waals surface area contributed by atoms with Crippen LogP contribution in [-0.4, -0.2) is 9.97 Å². The van der Waals surface area contributed by atoms with Gasteiger partial charge < -0.3 is 0 Å². The van der Waals surface area contributed by atoms with Crippen LogP contribution in [0.2, 0.25) is 5.02 Å². The minimum absolute atomic E-state index is 0.250. The highest BCUT2D eigenvalue weighted by Gasteiger charge is 2.15. The van der Waals surface area contributed by atoms with E-state index in [1.165, 1.54) is 0 Å². The van der Waals surface area contributed by atoms with Crippen molar-refractivity contribution in [3.8, 4) is 0 Å². The topological polar surface area (TPSA) is 63.8 Å². The van der Waals surface area contributed by atoms with Crippen molar-refractivity contribution in [1.29, 1.82) is 0 Å². The lowest BCUT2D eigenvalue weighted by Gasteiger charge is -2.16. The average Bonchev–Trinajstić information content (AvgIpc) is 2.51. The highest BCUT2D eigenvalue weighted by atomic mass is 35.5. The molecule has 3 aromatic rings. The average molecular weight is 299 g/mol. The Morgan fingerprint density at radius 2 is 1.90 bits per heavy atom. The molecule has 2 aromatic carbocycles. The van der Waals surface area contributed by atoms with Crippen molar-refractivity contribution in [3.63, 3.8) is 0 Å². The zero-order valence-electron chi connectivity index (χ0n) is 11.5.